The summed E-state index contributed by atoms with van der Waals surface area (Å²) in [4.78, 5) is 17.8. The fourth-order valence-electron chi connectivity index (χ4n) is 1.98. The van der Waals surface area contributed by atoms with E-state index in [1.54, 1.807) is 12.4 Å². The molecule has 2 heterocycles. The van der Waals surface area contributed by atoms with E-state index in [1.165, 1.54) is 0 Å². The zero-order chi connectivity index (χ0) is 11.5. The second-order valence-electron chi connectivity index (χ2n) is 4.48. The zero-order valence-electron chi connectivity index (χ0n) is 9.47. The van der Waals surface area contributed by atoms with Gasteiger partial charge < -0.3 is 10.6 Å². The Morgan fingerprint density at radius 3 is 3.00 bits per heavy atom. The Kier molecular flexibility index (Phi) is 3.19. The lowest BCUT2D eigenvalue weighted by atomic mass is 10.1. The molecule has 2 rings (SSSR count). The summed E-state index contributed by atoms with van der Waals surface area (Å²) in [5.41, 5.74) is 6.85. The summed E-state index contributed by atoms with van der Waals surface area (Å²) in [5.74, 6) is 0.547. The lowest BCUT2D eigenvalue weighted by Crippen LogP contribution is -2.33. The minimum Gasteiger partial charge on any atom is -0.341 e. The van der Waals surface area contributed by atoms with Crippen LogP contribution in [0, 0.1) is 5.92 Å². The van der Waals surface area contributed by atoms with Gasteiger partial charge in [0.25, 0.3) is 0 Å². The highest BCUT2D eigenvalue weighted by Crippen LogP contribution is 2.15. The van der Waals surface area contributed by atoms with Crippen molar-refractivity contribution < 1.29 is 4.79 Å². The van der Waals surface area contributed by atoms with Crippen molar-refractivity contribution in [3.63, 3.8) is 0 Å². The number of hydrogen-bond acceptors (Lipinski definition) is 3. The van der Waals surface area contributed by atoms with Gasteiger partial charge in [-0.2, -0.15) is 0 Å². The van der Waals surface area contributed by atoms with Crippen LogP contribution in [0.2, 0.25) is 0 Å². The molecular weight excluding hydrogens is 202 g/mol. The lowest BCUT2D eigenvalue weighted by molar-refractivity contribution is -0.129. The predicted octanol–water partition coefficient (Wildman–Crippen LogP) is 0.430. The Bertz CT molecular complexity index is 356. The van der Waals surface area contributed by atoms with E-state index in [0.29, 0.717) is 18.9 Å². The SMILES string of the molecule is CC1CN(C(=O)Cc2cccnc2)CC1N. The number of carbonyl (C=O) groups is 1. The third kappa shape index (κ3) is 2.39. The topological polar surface area (TPSA) is 59.2 Å². The second-order valence-corrected chi connectivity index (χ2v) is 4.48. The number of amides is 1. The molecule has 2 unspecified atom stereocenters. The molecule has 1 aliphatic rings. The number of aromatic nitrogens is 1. The lowest BCUT2D eigenvalue weighted by Gasteiger charge is -2.15. The van der Waals surface area contributed by atoms with Crippen molar-refractivity contribution in [2.45, 2.75) is 19.4 Å². The molecule has 1 aliphatic heterocycles. The summed E-state index contributed by atoms with van der Waals surface area (Å²) < 4.78 is 0. The molecule has 0 aliphatic carbocycles. The number of likely N-dealkylation sites (tertiary alicyclic amines) is 1. The first kappa shape index (κ1) is 11.1. The van der Waals surface area contributed by atoms with E-state index in [-0.39, 0.29) is 11.9 Å². The van der Waals surface area contributed by atoms with Crippen LogP contribution in [0.4, 0.5) is 0 Å². The van der Waals surface area contributed by atoms with Gasteiger partial charge in [0.1, 0.15) is 0 Å². The molecule has 0 aromatic carbocycles. The summed E-state index contributed by atoms with van der Waals surface area (Å²) >= 11 is 0. The van der Waals surface area contributed by atoms with Gasteiger partial charge in [-0.15, -0.1) is 0 Å². The minimum absolute atomic E-state index is 0.123. The summed E-state index contributed by atoms with van der Waals surface area (Å²) in [6.45, 7) is 3.54. The van der Waals surface area contributed by atoms with Gasteiger partial charge in [-0.3, -0.25) is 9.78 Å². The van der Waals surface area contributed by atoms with E-state index in [4.69, 9.17) is 5.73 Å². The first-order valence-corrected chi connectivity index (χ1v) is 5.59. The summed E-state index contributed by atoms with van der Waals surface area (Å²) in [6.07, 6.45) is 3.87. The van der Waals surface area contributed by atoms with Crippen molar-refractivity contribution in [1.29, 1.82) is 0 Å². The highest BCUT2D eigenvalue weighted by Gasteiger charge is 2.29. The zero-order valence-corrected chi connectivity index (χ0v) is 9.47. The van der Waals surface area contributed by atoms with Gasteiger partial charge in [0, 0.05) is 31.5 Å². The quantitative estimate of drug-likeness (QED) is 0.784. The van der Waals surface area contributed by atoms with Gasteiger partial charge in [-0.25, -0.2) is 0 Å². The fraction of sp³-hybridized carbons (Fsp3) is 0.500. The molecule has 0 spiro atoms. The van der Waals surface area contributed by atoms with Crippen LogP contribution in [0.3, 0.4) is 0 Å². The van der Waals surface area contributed by atoms with Crippen molar-refractivity contribution in [1.82, 2.24) is 9.88 Å². The standard InChI is InChI=1S/C12H17N3O/c1-9-7-15(8-11(9)13)12(16)5-10-3-2-4-14-6-10/h2-4,6,9,11H,5,7-8,13H2,1H3. The van der Waals surface area contributed by atoms with Crippen LogP contribution in [-0.4, -0.2) is 34.9 Å². The van der Waals surface area contributed by atoms with Crippen LogP contribution in [0.15, 0.2) is 24.5 Å². The molecule has 86 valence electrons. The first-order valence-electron chi connectivity index (χ1n) is 5.59. The number of rotatable bonds is 2. The molecule has 1 aromatic heterocycles. The van der Waals surface area contributed by atoms with E-state index in [9.17, 15) is 4.79 Å². The smallest absolute Gasteiger partial charge is 0.227 e. The molecule has 16 heavy (non-hydrogen) atoms. The van der Waals surface area contributed by atoms with Crippen LogP contribution in [0.5, 0.6) is 0 Å². The number of nitrogens with zero attached hydrogens (tertiary/aromatic N) is 2. The average Bonchev–Trinajstić information content (AvgIpc) is 2.61. The Hall–Kier alpha value is -1.42. The summed E-state index contributed by atoms with van der Waals surface area (Å²) in [7, 11) is 0. The monoisotopic (exact) mass is 219 g/mol. The second kappa shape index (κ2) is 4.61. The first-order chi connectivity index (χ1) is 7.66. The molecule has 1 saturated heterocycles. The normalized spacial score (nSPS) is 24.8. The third-order valence-corrected chi connectivity index (χ3v) is 3.10. The Morgan fingerprint density at radius 1 is 1.62 bits per heavy atom. The molecule has 2 N–H and O–H groups in total. The number of nitrogens with two attached hydrogens (primary N) is 1. The van der Waals surface area contributed by atoms with Crippen LogP contribution >= 0.6 is 0 Å². The van der Waals surface area contributed by atoms with Crippen molar-refractivity contribution in [3.05, 3.63) is 30.1 Å². The van der Waals surface area contributed by atoms with Gasteiger partial charge in [-0.05, 0) is 17.5 Å². The maximum Gasteiger partial charge on any atom is 0.227 e. The van der Waals surface area contributed by atoms with E-state index in [2.05, 4.69) is 11.9 Å². The number of pyridine rings is 1. The molecule has 1 fully saturated rings. The fourth-order valence-corrected chi connectivity index (χ4v) is 1.98. The Labute approximate surface area is 95.5 Å². The molecule has 0 radical (unpaired) electrons. The van der Waals surface area contributed by atoms with Crippen molar-refractivity contribution in [2.75, 3.05) is 13.1 Å². The maximum atomic E-state index is 11.9. The number of carbonyl (C=O) groups excluding carboxylic acids is 1. The van der Waals surface area contributed by atoms with E-state index >= 15 is 0 Å². The Morgan fingerprint density at radius 2 is 2.44 bits per heavy atom. The molecular formula is C12H17N3O. The minimum atomic E-state index is 0.123. The van der Waals surface area contributed by atoms with Crippen molar-refractivity contribution >= 4 is 5.91 Å². The third-order valence-electron chi connectivity index (χ3n) is 3.10. The molecule has 0 bridgehead atoms. The van der Waals surface area contributed by atoms with Gasteiger partial charge in [0.05, 0.1) is 6.42 Å². The molecule has 1 aromatic rings. The maximum absolute atomic E-state index is 11.9. The van der Waals surface area contributed by atoms with Crippen LogP contribution in [0.25, 0.3) is 0 Å². The van der Waals surface area contributed by atoms with Crippen LogP contribution < -0.4 is 5.73 Å². The molecule has 4 heteroatoms. The van der Waals surface area contributed by atoms with E-state index in [0.717, 1.165) is 12.1 Å². The highest BCUT2D eigenvalue weighted by molar-refractivity contribution is 5.79. The number of hydrogen-bond donors (Lipinski definition) is 1. The Balaban J connectivity index is 1.95. The van der Waals surface area contributed by atoms with Crippen molar-refractivity contribution in [3.8, 4) is 0 Å². The molecule has 1 amide bonds. The van der Waals surface area contributed by atoms with Crippen molar-refractivity contribution in [2.24, 2.45) is 11.7 Å². The van der Waals surface area contributed by atoms with Gasteiger partial charge >= 0.3 is 0 Å². The largest absolute Gasteiger partial charge is 0.341 e. The molecule has 4 nitrogen and oxygen atoms in total. The predicted molar refractivity (Wildman–Crippen MR) is 61.7 cm³/mol. The molecule has 2 atom stereocenters. The highest BCUT2D eigenvalue weighted by atomic mass is 16.2. The van der Waals surface area contributed by atoms with Crippen LogP contribution in [0.1, 0.15) is 12.5 Å². The summed E-state index contributed by atoms with van der Waals surface area (Å²) in [6, 6.07) is 3.89. The van der Waals surface area contributed by atoms with E-state index in [1.807, 2.05) is 17.0 Å². The molecule has 0 saturated carbocycles. The average molecular weight is 219 g/mol. The van der Waals surface area contributed by atoms with E-state index < -0.39 is 0 Å². The van der Waals surface area contributed by atoms with Crippen LogP contribution in [-0.2, 0) is 11.2 Å². The summed E-state index contributed by atoms with van der Waals surface area (Å²) in [5, 5.41) is 0. The van der Waals surface area contributed by atoms with Gasteiger partial charge in [0.2, 0.25) is 5.91 Å². The van der Waals surface area contributed by atoms with Gasteiger partial charge in [0.15, 0.2) is 0 Å². The van der Waals surface area contributed by atoms with Gasteiger partial charge in [-0.1, -0.05) is 13.0 Å².